The summed E-state index contributed by atoms with van der Waals surface area (Å²) in [6.07, 6.45) is 5.12. The molecule has 0 aliphatic carbocycles. The Morgan fingerprint density at radius 2 is 2.38 bits per heavy atom. The summed E-state index contributed by atoms with van der Waals surface area (Å²) in [4.78, 5) is 6.90. The molecule has 0 radical (unpaired) electrons. The first-order valence-corrected chi connectivity index (χ1v) is 6.65. The van der Waals surface area contributed by atoms with Gasteiger partial charge in [0.15, 0.2) is 0 Å². The van der Waals surface area contributed by atoms with Gasteiger partial charge in [0.2, 0.25) is 0 Å². The fourth-order valence-electron chi connectivity index (χ4n) is 2.31. The number of piperidine rings is 1. The molecule has 92 valence electrons. The minimum atomic E-state index is 0. The highest BCUT2D eigenvalue weighted by atomic mass is 35.5. The molecule has 1 atom stereocenters. The van der Waals surface area contributed by atoms with Crippen molar-refractivity contribution in [3.63, 3.8) is 0 Å². The third kappa shape index (κ3) is 3.70. The Bertz CT molecular complexity index is 277. The number of aromatic nitrogens is 1. The van der Waals surface area contributed by atoms with E-state index in [-0.39, 0.29) is 12.4 Å². The summed E-state index contributed by atoms with van der Waals surface area (Å²) < 4.78 is 0. The lowest BCUT2D eigenvalue weighted by Crippen LogP contribution is -2.40. The van der Waals surface area contributed by atoms with Gasteiger partial charge in [0.25, 0.3) is 0 Å². The van der Waals surface area contributed by atoms with Crippen molar-refractivity contribution in [1.29, 1.82) is 0 Å². The zero-order chi connectivity index (χ0) is 10.5. The Kier molecular flexibility index (Phi) is 6.28. The van der Waals surface area contributed by atoms with Gasteiger partial charge in [-0.1, -0.05) is 6.42 Å². The van der Waals surface area contributed by atoms with E-state index in [1.807, 2.05) is 5.51 Å². The lowest BCUT2D eigenvalue weighted by molar-refractivity contribution is 0.132. The standard InChI is InChI=1S/C11H19N3S.ClH/c12-5-4-11-3-1-2-6-14(11)7-10-8-15-9-13-10;/h8-9,11H,1-7,12H2;1H. The Morgan fingerprint density at radius 3 is 3.06 bits per heavy atom. The Balaban J connectivity index is 0.00000128. The highest BCUT2D eigenvalue weighted by Gasteiger charge is 2.21. The molecule has 0 spiro atoms. The highest BCUT2D eigenvalue weighted by Crippen LogP contribution is 2.21. The van der Waals surface area contributed by atoms with Gasteiger partial charge in [0.1, 0.15) is 0 Å². The molecular formula is C11H20ClN3S. The molecule has 0 bridgehead atoms. The number of nitrogens with zero attached hydrogens (tertiary/aromatic N) is 2. The highest BCUT2D eigenvalue weighted by molar-refractivity contribution is 7.07. The van der Waals surface area contributed by atoms with Crippen LogP contribution >= 0.6 is 23.7 Å². The molecule has 1 fully saturated rings. The topological polar surface area (TPSA) is 42.1 Å². The van der Waals surface area contributed by atoms with E-state index in [1.54, 1.807) is 11.3 Å². The summed E-state index contributed by atoms with van der Waals surface area (Å²) in [7, 11) is 0. The third-order valence-electron chi connectivity index (χ3n) is 3.10. The van der Waals surface area contributed by atoms with E-state index >= 15 is 0 Å². The van der Waals surface area contributed by atoms with Crippen molar-refractivity contribution in [2.24, 2.45) is 5.73 Å². The van der Waals surface area contributed by atoms with Gasteiger partial charge in [0.05, 0.1) is 11.2 Å². The van der Waals surface area contributed by atoms with Crippen LogP contribution in [-0.4, -0.2) is 29.0 Å². The fourth-order valence-corrected chi connectivity index (χ4v) is 2.86. The molecule has 1 aliphatic rings. The molecule has 2 N–H and O–H groups in total. The lowest BCUT2D eigenvalue weighted by Gasteiger charge is -2.35. The number of likely N-dealkylation sites (tertiary alicyclic amines) is 1. The van der Waals surface area contributed by atoms with E-state index in [0.717, 1.165) is 19.5 Å². The van der Waals surface area contributed by atoms with E-state index in [9.17, 15) is 0 Å². The largest absolute Gasteiger partial charge is 0.330 e. The molecule has 1 aliphatic heterocycles. The number of thiazole rings is 1. The molecular weight excluding hydrogens is 242 g/mol. The predicted molar refractivity (Wildman–Crippen MR) is 71.1 cm³/mol. The minimum absolute atomic E-state index is 0. The van der Waals surface area contributed by atoms with Crippen molar-refractivity contribution >= 4 is 23.7 Å². The van der Waals surface area contributed by atoms with E-state index in [2.05, 4.69) is 15.3 Å². The molecule has 1 unspecified atom stereocenters. The smallest absolute Gasteiger partial charge is 0.0795 e. The fraction of sp³-hybridized carbons (Fsp3) is 0.727. The van der Waals surface area contributed by atoms with Crippen LogP contribution in [0.5, 0.6) is 0 Å². The minimum Gasteiger partial charge on any atom is -0.330 e. The van der Waals surface area contributed by atoms with Crippen LogP contribution in [0.4, 0.5) is 0 Å². The van der Waals surface area contributed by atoms with Crippen molar-refractivity contribution in [2.45, 2.75) is 38.3 Å². The molecule has 16 heavy (non-hydrogen) atoms. The molecule has 1 saturated heterocycles. The van der Waals surface area contributed by atoms with Crippen molar-refractivity contribution in [3.05, 3.63) is 16.6 Å². The van der Waals surface area contributed by atoms with Crippen LogP contribution in [0.25, 0.3) is 0 Å². The van der Waals surface area contributed by atoms with Gasteiger partial charge >= 0.3 is 0 Å². The van der Waals surface area contributed by atoms with Crippen molar-refractivity contribution < 1.29 is 0 Å². The maximum absolute atomic E-state index is 5.65. The lowest BCUT2D eigenvalue weighted by atomic mass is 9.99. The van der Waals surface area contributed by atoms with Crippen LogP contribution in [0, 0.1) is 0 Å². The van der Waals surface area contributed by atoms with Crippen molar-refractivity contribution in [1.82, 2.24) is 9.88 Å². The van der Waals surface area contributed by atoms with Gasteiger partial charge in [-0.15, -0.1) is 23.7 Å². The zero-order valence-electron chi connectivity index (χ0n) is 9.47. The van der Waals surface area contributed by atoms with Crippen LogP contribution < -0.4 is 5.73 Å². The average molecular weight is 262 g/mol. The first-order valence-electron chi connectivity index (χ1n) is 5.71. The first kappa shape index (κ1) is 13.9. The summed E-state index contributed by atoms with van der Waals surface area (Å²) in [5.74, 6) is 0. The summed E-state index contributed by atoms with van der Waals surface area (Å²) in [6, 6.07) is 0.686. The zero-order valence-corrected chi connectivity index (χ0v) is 11.1. The van der Waals surface area contributed by atoms with Crippen molar-refractivity contribution in [2.75, 3.05) is 13.1 Å². The summed E-state index contributed by atoms with van der Waals surface area (Å²) in [6.45, 7) is 3.02. The molecule has 1 aromatic rings. The van der Waals surface area contributed by atoms with Gasteiger partial charge < -0.3 is 5.73 Å². The molecule has 2 rings (SSSR count). The van der Waals surface area contributed by atoms with E-state index < -0.39 is 0 Å². The van der Waals surface area contributed by atoms with E-state index in [4.69, 9.17) is 5.73 Å². The van der Waals surface area contributed by atoms with Crippen LogP contribution in [0.15, 0.2) is 10.9 Å². The van der Waals surface area contributed by atoms with Crippen LogP contribution in [0.2, 0.25) is 0 Å². The number of halogens is 1. The second-order valence-corrected chi connectivity index (χ2v) is 4.90. The van der Waals surface area contributed by atoms with E-state index in [1.165, 1.54) is 31.5 Å². The quantitative estimate of drug-likeness (QED) is 0.904. The average Bonchev–Trinajstić information content (AvgIpc) is 2.74. The maximum atomic E-state index is 5.65. The summed E-state index contributed by atoms with van der Waals surface area (Å²) in [5.41, 5.74) is 8.78. The Morgan fingerprint density at radius 1 is 1.50 bits per heavy atom. The molecule has 3 nitrogen and oxygen atoms in total. The molecule has 2 heterocycles. The molecule has 0 aromatic carbocycles. The Hall–Kier alpha value is -0.160. The van der Waals surface area contributed by atoms with E-state index in [0.29, 0.717) is 6.04 Å². The second-order valence-electron chi connectivity index (χ2n) is 4.18. The maximum Gasteiger partial charge on any atom is 0.0795 e. The molecule has 0 saturated carbocycles. The van der Waals surface area contributed by atoms with Crippen LogP contribution in [0.3, 0.4) is 0 Å². The number of hydrogen-bond donors (Lipinski definition) is 1. The van der Waals surface area contributed by atoms with Gasteiger partial charge in [-0.2, -0.15) is 0 Å². The van der Waals surface area contributed by atoms with Crippen LogP contribution in [-0.2, 0) is 6.54 Å². The number of nitrogens with two attached hydrogens (primary N) is 1. The Labute approximate surface area is 107 Å². The third-order valence-corrected chi connectivity index (χ3v) is 3.73. The normalized spacial score (nSPS) is 21.7. The molecule has 1 aromatic heterocycles. The molecule has 5 heteroatoms. The first-order chi connectivity index (χ1) is 7.40. The number of rotatable bonds is 4. The summed E-state index contributed by atoms with van der Waals surface area (Å²) >= 11 is 1.68. The van der Waals surface area contributed by atoms with Gasteiger partial charge in [-0.05, 0) is 32.4 Å². The second kappa shape index (κ2) is 7.22. The predicted octanol–water partition coefficient (Wildman–Crippen LogP) is 2.27. The monoisotopic (exact) mass is 261 g/mol. The SMILES string of the molecule is Cl.NCCC1CCCCN1Cc1cscn1. The van der Waals surface area contributed by atoms with Gasteiger partial charge in [0, 0.05) is 18.0 Å². The van der Waals surface area contributed by atoms with Gasteiger partial charge in [-0.3, -0.25) is 4.90 Å². The number of hydrogen-bond acceptors (Lipinski definition) is 4. The van der Waals surface area contributed by atoms with Crippen LogP contribution in [0.1, 0.15) is 31.4 Å². The van der Waals surface area contributed by atoms with Gasteiger partial charge in [-0.25, -0.2) is 4.98 Å². The summed E-state index contributed by atoms with van der Waals surface area (Å²) in [5, 5.41) is 2.15. The molecule has 0 amide bonds. The van der Waals surface area contributed by atoms with Crippen molar-refractivity contribution in [3.8, 4) is 0 Å².